The highest BCUT2D eigenvalue weighted by atomic mass is 16.6. The second-order valence-corrected chi connectivity index (χ2v) is 9.63. The van der Waals surface area contributed by atoms with Crippen LogP contribution in [-0.2, 0) is 11.3 Å². The monoisotopic (exact) mass is 485 g/mol. The largest absolute Gasteiger partial charge is 0.446 e. The molecule has 0 saturated heterocycles. The molecule has 1 aromatic heterocycles. The number of nitrogens with zero attached hydrogens (tertiary/aromatic N) is 1. The first kappa shape index (κ1) is 23.9. The number of carbonyl (C=O) groups is 2. The summed E-state index contributed by atoms with van der Waals surface area (Å²) < 4.78 is 7.16. The molecule has 3 aromatic carbocycles. The normalized spacial score (nSPS) is 18.7. The summed E-state index contributed by atoms with van der Waals surface area (Å²) in [5, 5.41) is 16.6. The molecule has 7 nitrogen and oxygen atoms in total. The third-order valence-electron chi connectivity index (χ3n) is 7.14. The number of nitrogens with one attached hydrogen (secondary N) is 1. The van der Waals surface area contributed by atoms with Gasteiger partial charge < -0.3 is 25.5 Å². The Labute approximate surface area is 209 Å². The summed E-state index contributed by atoms with van der Waals surface area (Å²) in [6, 6.07) is 22.2. The molecule has 0 spiro atoms. The lowest BCUT2D eigenvalue weighted by molar-refractivity contribution is 0.0708. The van der Waals surface area contributed by atoms with E-state index in [1.807, 2.05) is 47.0 Å². The lowest BCUT2D eigenvalue weighted by Gasteiger charge is -2.28. The molecule has 7 heteroatoms. The Kier molecular flexibility index (Phi) is 6.65. The summed E-state index contributed by atoms with van der Waals surface area (Å²) in [6.07, 6.45) is 1.24. The lowest BCUT2D eigenvalue weighted by Crippen LogP contribution is -2.40. The van der Waals surface area contributed by atoms with Gasteiger partial charge >= 0.3 is 6.09 Å². The molecule has 2 amide bonds. The standard InChI is InChI=1S/C29H31N3O4/c1-18(33)20-9-10-21-16-27(28(34)31-23-11-13-24(14-12-23)36-29(30)35)32(26(21)15-20)17-22-7-4-6-19-5-2-3-8-25(19)22/h2-10,15-16,18,23-24,33H,11-14,17H2,1H3,(H2,30,35)(H,31,34)/t18?,23-,24-. The molecule has 1 atom stereocenters. The molecule has 1 fully saturated rings. The zero-order chi connectivity index (χ0) is 25.2. The SMILES string of the molecule is CC(O)c1ccc2cc(C(=O)N[C@H]3CC[C@H](OC(N)=O)CC3)n(Cc3cccc4ccccc34)c2c1. The molecule has 0 radical (unpaired) electrons. The molecule has 1 unspecified atom stereocenters. The Bertz CT molecular complexity index is 1410. The maximum Gasteiger partial charge on any atom is 0.404 e. The minimum absolute atomic E-state index is 0.00210. The van der Waals surface area contributed by atoms with Crippen LogP contribution in [0.15, 0.2) is 66.7 Å². The number of hydrogen-bond acceptors (Lipinski definition) is 4. The van der Waals surface area contributed by atoms with Gasteiger partial charge in [0.15, 0.2) is 0 Å². The number of rotatable bonds is 6. The molecule has 4 aromatic rings. The van der Waals surface area contributed by atoms with E-state index in [4.69, 9.17) is 10.5 Å². The summed E-state index contributed by atoms with van der Waals surface area (Å²) in [7, 11) is 0. The van der Waals surface area contributed by atoms with Crippen molar-refractivity contribution in [2.75, 3.05) is 0 Å². The van der Waals surface area contributed by atoms with Crippen molar-refractivity contribution in [3.8, 4) is 0 Å². The summed E-state index contributed by atoms with van der Waals surface area (Å²) in [6.45, 7) is 2.26. The van der Waals surface area contributed by atoms with Gasteiger partial charge in [-0.2, -0.15) is 0 Å². The molecule has 5 rings (SSSR count). The van der Waals surface area contributed by atoms with E-state index in [1.54, 1.807) is 6.92 Å². The molecule has 1 saturated carbocycles. The number of aliphatic hydroxyl groups is 1. The van der Waals surface area contributed by atoms with Crippen molar-refractivity contribution in [1.82, 2.24) is 9.88 Å². The van der Waals surface area contributed by atoms with Crippen LogP contribution >= 0.6 is 0 Å². The highest BCUT2D eigenvalue weighted by Crippen LogP contribution is 2.28. The number of amides is 2. The van der Waals surface area contributed by atoms with Crippen LogP contribution in [0.5, 0.6) is 0 Å². The van der Waals surface area contributed by atoms with Gasteiger partial charge in [-0.1, -0.05) is 54.6 Å². The van der Waals surface area contributed by atoms with Crippen molar-refractivity contribution in [1.29, 1.82) is 0 Å². The third kappa shape index (κ3) is 4.93. The molecule has 1 heterocycles. The predicted molar refractivity (Wildman–Crippen MR) is 140 cm³/mol. The minimum Gasteiger partial charge on any atom is -0.446 e. The fraction of sp³-hybridized carbons (Fsp3) is 0.310. The highest BCUT2D eigenvalue weighted by Gasteiger charge is 2.26. The van der Waals surface area contributed by atoms with E-state index in [0.29, 0.717) is 25.1 Å². The number of nitrogens with two attached hydrogens (primary N) is 1. The molecule has 186 valence electrons. The Morgan fingerprint density at radius 2 is 1.78 bits per heavy atom. The number of carbonyl (C=O) groups excluding carboxylic acids is 2. The van der Waals surface area contributed by atoms with Crippen LogP contribution in [-0.4, -0.2) is 33.8 Å². The summed E-state index contributed by atoms with van der Waals surface area (Å²) in [4.78, 5) is 24.6. The van der Waals surface area contributed by atoms with Crippen molar-refractivity contribution < 1.29 is 19.4 Å². The summed E-state index contributed by atoms with van der Waals surface area (Å²) in [5.41, 5.74) is 8.56. The quantitative estimate of drug-likeness (QED) is 0.356. The van der Waals surface area contributed by atoms with Gasteiger partial charge in [-0.3, -0.25) is 4.79 Å². The number of aromatic nitrogens is 1. The average Bonchev–Trinajstić information content (AvgIpc) is 3.23. The van der Waals surface area contributed by atoms with Gasteiger partial charge in [0.05, 0.1) is 6.10 Å². The zero-order valence-corrected chi connectivity index (χ0v) is 20.3. The zero-order valence-electron chi connectivity index (χ0n) is 20.3. The Morgan fingerprint density at radius 3 is 2.53 bits per heavy atom. The van der Waals surface area contributed by atoms with Crippen molar-refractivity contribution in [2.45, 2.75) is 57.4 Å². The van der Waals surface area contributed by atoms with Gasteiger partial charge in [-0.25, -0.2) is 4.79 Å². The number of aliphatic hydroxyl groups excluding tert-OH is 1. The lowest BCUT2D eigenvalue weighted by atomic mass is 9.93. The number of ether oxygens (including phenoxy) is 1. The molecule has 36 heavy (non-hydrogen) atoms. The van der Waals surface area contributed by atoms with E-state index in [9.17, 15) is 14.7 Å². The van der Waals surface area contributed by atoms with Gasteiger partial charge in [0.2, 0.25) is 0 Å². The van der Waals surface area contributed by atoms with Gasteiger partial charge in [-0.05, 0) is 66.6 Å². The van der Waals surface area contributed by atoms with Gasteiger partial charge in [-0.15, -0.1) is 0 Å². The van der Waals surface area contributed by atoms with Crippen LogP contribution in [0.1, 0.15) is 60.3 Å². The predicted octanol–water partition coefficient (Wildman–Crippen LogP) is 5.03. The minimum atomic E-state index is -0.753. The smallest absolute Gasteiger partial charge is 0.404 e. The van der Waals surface area contributed by atoms with Crippen LogP contribution in [0.2, 0.25) is 0 Å². The maximum atomic E-state index is 13.5. The molecule has 4 N–H and O–H groups in total. The Hall–Kier alpha value is -3.84. The van der Waals surface area contributed by atoms with Gasteiger partial charge in [0.25, 0.3) is 5.91 Å². The highest BCUT2D eigenvalue weighted by molar-refractivity contribution is 5.99. The van der Waals surface area contributed by atoms with Crippen molar-refractivity contribution in [2.24, 2.45) is 5.73 Å². The molecule has 0 aliphatic heterocycles. The molecule has 1 aliphatic carbocycles. The van der Waals surface area contributed by atoms with E-state index in [0.717, 1.165) is 45.6 Å². The summed E-state index contributed by atoms with van der Waals surface area (Å²) in [5.74, 6) is -0.135. The Balaban J connectivity index is 1.47. The summed E-state index contributed by atoms with van der Waals surface area (Å²) >= 11 is 0. The first-order valence-electron chi connectivity index (χ1n) is 12.4. The van der Waals surface area contributed by atoms with Gasteiger partial charge in [0, 0.05) is 23.5 Å². The van der Waals surface area contributed by atoms with Crippen molar-refractivity contribution in [3.05, 3.63) is 83.6 Å². The third-order valence-corrected chi connectivity index (χ3v) is 7.14. The second kappa shape index (κ2) is 10.0. The fourth-order valence-electron chi connectivity index (χ4n) is 5.24. The van der Waals surface area contributed by atoms with Crippen molar-refractivity contribution >= 4 is 33.7 Å². The van der Waals surface area contributed by atoms with Crippen LogP contribution in [0.3, 0.4) is 0 Å². The second-order valence-electron chi connectivity index (χ2n) is 9.63. The molecular weight excluding hydrogens is 454 g/mol. The van der Waals surface area contributed by atoms with E-state index < -0.39 is 12.2 Å². The number of primary amides is 1. The maximum absolute atomic E-state index is 13.5. The number of fused-ring (bicyclic) bond motifs is 2. The molecule has 1 aliphatic rings. The average molecular weight is 486 g/mol. The molecule has 0 bridgehead atoms. The van der Waals surface area contributed by atoms with Crippen LogP contribution in [0, 0.1) is 0 Å². The number of hydrogen-bond donors (Lipinski definition) is 3. The van der Waals surface area contributed by atoms with Crippen LogP contribution in [0.4, 0.5) is 4.79 Å². The van der Waals surface area contributed by atoms with E-state index in [2.05, 4.69) is 29.6 Å². The van der Waals surface area contributed by atoms with E-state index in [-0.39, 0.29) is 18.1 Å². The Morgan fingerprint density at radius 1 is 1.03 bits per heavy atom. The van der Waals surface area contributed by atoms with Crippen LogP contribution < -0.4 is 11.1 Å². The first-order chi connectivity index (χ1) is 17.4. The fourth-order valence-corrected chi connectivity index (χ4v) is 5.24. The van der Waals surface area contributed by atoms with Gasteiger partial charge in [0.1, 0.15) is 11.8 Å². The van der Waals surface area contributed by atoms with E-state index >= 15 is 0 Å². The van der Waals surface area contributed by atoms with Crippen LogP contribution in [0.25, 0.3) is 21.7 Å². The van der Waals surface area contributed by atoms with Crippen molar-refractivity contribution in [3.63, 3.8) is 0 Å². The first-order valence-corrected chi connectivity index (χ1v) is 12.4. The molecular formula is C29H31N3O4. The number of benzene rings is 3. The van der Waals surface area contributed by atoms with E-state index in [1.165, 1.54) is 0 Å². The topological polar surface area (TPSA) is 107 Å².